The van der Waals surface area contributed by atoms with Gasteiger partial charge in [-0.15, -0.1) is 0 Å². The average Bonchev–Trinajstić information content (AvgIpc) is 2.39. The number of ether oxygens (including phenoxy) is 1. The highest BCUT2D eigenvalue weighted by Crippen LogP contribution is 2.15. The lowest BCUT2D eigenvalue weighted by atomic mass is 10.1. The minimum Gasteiger partial charge on any atom is -0.489 e. The van der Waals surface area contributed by atoms with E-state index in [0.717, 1.165) is 11.3 Å². The summed E-state index contributed by atoms with van der Waals surface area (Å²) in [6.07, 6.45) is 1.38. The van der Waals surface area contributed by atoms with E-state index in [2.05, 4.69) is 18.1 Å². The van der Waals surface area contributed by atoms with Crippen molar-refractivity contribution in [1.29, 1.82) is 0 Å². The molecule has 0 amide bonds. The molecule has 92 valence electrons. The molecule has 3 heteroatoms. The summed E-state index contributed by atoms with van der Waals surface area (Å²) in [5.74, 6) is 0.760. The van der Waals surface area contributed by atoms with Crippen molar-refractivity contribution >= 4 is 6.21 Å². The minimum atomic E-state index is 0.534. The molecule has 0 spiro atoms. The molecule has 1 N–H and O–H groups in total. The highest BCUT2D eigenvalue weighted by atomic mass is 16.5. The van der Waals surface area contributed by atoms with Crippen LogP contribution in [0.5, 0.6) is 5.75 Å². The molecule has 0 radical (unpaired) electrons. The Morgan fingerprint density at radius 1 is 1.17 bits per heavy atom. The van der Waals surface area contributed by atoms with Gasteiger partial charge in [0.2, 0.25) is 0 Å². The molecule has 0 heterocycles. The topological polar surface area (TPSA) is 41.8 Å². The molecular weight excluding hydrogens is 226 g/mol. The Kier molecular flexibility index (Phi) is 3.97. The van der Waals surface area contributed by atoms with Crippen LogP contribution in [0, 0.1) is 6.92 Å². The zero-order valence-electron chi connectivity index (χ0n) is 10.2. The molecule has 0 aromatic heterocycles. The van der Waals surface area contributed by atoms with Crippen molar-refractivity contribution in [3.05, 3.63) is 65.2 Å². The Bertz CT molecular complexity index is 550. The van der Waals surface area contributed by atoms with Crippen LogP contribution in [-0.2, 0) is 6.61 Å². The lowest BCUT2D eigenvalue weighted by molar-refractivity contribution is 0.305. The Labute approximate surface area is 106 Å². The summed E-state index contributed by atoms with van der Waals surface area (Å²) in [6.45, 7) is 2.60. The lowest BCUT2D eigenvalue weighted by Gasteiger charge is -2.08. The van der Waals surface area contributed by atoms with Crippen molar-refractivity contribution < 1.29 is 9.94 Å². The standard InChI is InChI=1S/C15H15NO2/c1-12-5-2-3-7-14(12)11-18-15-8-4-6-13(9-15)10-16-17/h2-10,17H,11H2,1H3. The summed E-state index contributed by atoms with van der Waals surface area (Å²) in [6, 6.07) is 15.6. The largest absolute Gasteiger partial charge is 0.489 e. The van der Waals surface area contributed by atoms with E-state index in [1.807, 2.05) is 42.5 Å². The first kappa shape index (κ1) is 12.2. The second-order valence-corrected chi connectivity index (χ2v) is 4.03. The number of rotatable bonds is 4. The van der Waals surface area contributed by atoms with E-state index in [9.17, 15) is 0 Å². The third-order valence-corrected chi connectivity index (χ3v) is 2.72. The molecule has 3 nitrogen and oxygen atoms in total. The molecule has 0 aliphatic rings. The second kappa shape index (κ2) is 5.87. The van der Waals surface area contributed by atoms with E-state index in [1.54, 1.807) is 0 Å². The summed E-state index contributed by atoms with van der Waals surface area (Å²) < 4.78 is 5.72. The van der Waals surface area contributed by atoms with Gasteiger partial charge in [0, 0.05) is 0 Å². The monoisotopic (exact) mass is 241 g/mol. The number of aryl methyl sites for hydroxylation is 1. The van der Waals surface area contributed by atoms with E-state index < -0.39 is 0 Å². The number of nitrogens with zero attached hydrogens (tertiary/aromatic N) is 1. The van der Waals surface area contributed by atoms with E-state index in [1.165, 1.54) is 17.3 Å². The van der Waals surface area contributed by atoms with Gasteiger partial charge in [-0.25, -0.2) is 0 Å². The summed E-state index contributed by atoms with van der Waals surface area (Å²) in [5, 5.41) is 11.5. The Balaban J connectivity index is 2.06. The van der Waals surface area contributed by atoms with Gasteiger partial charge in [0.15, 0.2) is 0 Å². The van der Waals surface area contributed by atoms with Gasteiger partial charge in [-0.2, -0.15) is 0 Å². The smallest absolute Gasteiger partial charge is 0.120 e. The molecule has 0 bridgehead atoms. The van der Waals surface area contributed by atoms with E-state index in [-0.39, 0.29) is 0 Å². The fourth-order valence-electron chi connectivity index (χ4n) is 1.68. The number of benzene rings is 2. The molecule has 0 aliphatic heterocycles. The van der Waals surface area contributed by atoms with Gasteiger partial charge in [0.1, 0.15) is 12.4 Å². The Hall–Kier alpha value is -2.29. The zero-order chi connectivity index (χ0) is 12.8. The Morgan fingerprint density at radius 3 is 2.78 bits per heavy atom. The number of hydrogen-bond donors (Lipinski definition) is 1. The molecule has 0 aliphatic carbocycles. The fourth-order valence-corrected chi connectivity index (χ4v) is 1.68. The maximum Gasteiger partial charge on any atom is 0.120 e. The van der Waals surface area contributed by atoms with Crippen molar-refractivity contribution in [2.45, 2.75) is 13.5 Å². The maximum absolute atomic E-state index is 8.48. The molecule has 0 saturated heterocycles. The summed E-state index contributed by atoms with van der Waals surface area (Å²) in [4.78, 5) is 0. The predicted octanol–water partition coefficient (Wildman–Crippen LogP) is 3.38. The van der Waals surface area contributed by atoms with Crippen LogP contribution in [0.1, 0.15) is 16.7 Å². The quantitative estimate of drug-likeness (QED) is 0.506. The van der Waals surface area contributed by atoms with Crippen LogP contribution in [0.15, 0.2) is 53.7 Å². The average molecular weight is 241 g/mol. The maximum atomic E-state index is 8.48. The molecule has 0 fully saturated rings. The van der Waals surface area contributed by atoms with Gasteiger partial charge >= 0.3 is 0 Å². The molecule has 2 aromatic rings. The van der Waals surface area contributed by atoms with Gasteiger partial charge in [-0.3, -0.25) is 0 Å². The molecule has 2 aromatic carbocycles. The van der Waals surface area contributed by atoms with Gasteiger partial charge in [-0.1, -0.05) is 41.6 Å². The summed E-state index contributed by atoms with van der Waals surface area (Å²) in [5.41, 5.74) is 3.18. The van der Waals surface area contributed by atoms with E-state index >= 15 is 0 Å². The van der Waals surface area contributed by atoms with Crippen LogP contribution in [0.3, 0.4) is 0 Å². The van der Waals surface area contributed by atoms with Crippen LogP contribution in [0.2, 0.25) is 0 Å². The SMILES string of the molecule is Cc1ccccc1COc1cccc(C=NO)c1. The fraction of sp³-hybridized carbons (Fsp3) is 0.133. The first-order valence-electron chi connectivity index (χ1n) is 5.74. The van der Waals surface area contributed by atoms with Crippen molar-refractivity contribution in [2.75, 3.05) is 0 Å². The molecule has 0 atom stereocenters. The van der Waals surface area contributed by atoms with Crippen molar-refractivity contribution in [3.63, 3.8) is 0 Å². The number of hydrogen-bond acceptors (Lipinski definition) is 3. The van der Waals surface area contributed by atoms with E-state index in [0.29, 0.717) is 6.61 Å². The van der Waals surface area contributed by atoms with Crippen molar-refractivity contribution in [3.8, 4) is 5.75 Å². The third kappa shape index (κ3) is 3.10. The number of oxime groups is 1. The van der Waals surface area contributed by atoms with Crippen molar-refractivity contribution in [2.24, 2.45) is 5.16 Å². The second-order valence-electron chi connectivity index (χ2n) is 4.03. The van der Waals surface area contributed by atoms with Crippen LogP contribution >= 0.6 is 0 Å². The molecule has 0 saturated carbocycles. The van der Waals surface area contributed by atoms with Gasteiger partial charge in [-0.05, 0) is 35.7 Å². The molecule has 18 heavy (non-hydrogen) atoms. The van der Waals surface area contributed by atoms with Crippen LogP contribution in [0.4, 0.5) is 0 Å². The van der Waals surface area contributed by atoms with Gasteiger partial charge < -0.3 is 9.94 Å². The first-order chi connectivity index (χ1) is 8.79. The van der Waals surface area contributed by atoms with Gasteiger partial charge in [0.05, 0.1) is 6.21 Å². The first-order valence-corrected chi connectivity index (χ1v) is 5.74. The normalized spacial score (nSPS) is 10.7. The zero-order valence-corrected chi connectivity index (χ0v) is 10.2. The highest BCUT2D eigenvalue weighted by molar-refractivity contribution is 5.79. The third-order valence-electron chi connectivity index (χ3n) is 2.72. The summed E-state index contributed by atoms with van der Waals surface area (Å²) in [7, 11) is 0. The lowest BCUT2D eigenvalue weighted by Crippen LogP contribution is -1.98. The highest BCUT2D eigenvalue weighted by Gasteiger charge is 1.99. The minimum absolute atomic E-state index is 0.534. The van der Waals surface area contributed by atoms with Crippen LogP contribution in [0.25, 0.3) is 0 Å². The Morgan fingerprint density at radius 2 is 2.00 bits per heavy atom. The molecule has 0 unspecified atom stereocenters. The van der Waals surface area contributed by atoms with Crippen molar-refractivity contribution in [1.82, 2.24) is 0 Å². The van der Waals surface area contributed by atoms with Crippen LogP contribution < -0.4 is 4.74 Å². The molecular formula is C15H15NO2. The summed E-state index contributed by atoms with van der Waals surface area (Å²) >= 11 is 0. The van der Waals surface area contributed by atoms with Crippen LogP contribution in [-0.4, -0.2) is 11.4 Å². The van der Waals surface area contributed by atoms with E-state index in [4.69, 9.17) is 9.94 Å². The predicted molar refractivity (Wildman–Crippen MR) is 71.3 cm³/mol. The molecule has 2 rings (SSSR count). The van der Waals surface area contributed by atoms with Gasteiger partial charge in [0.25, 0.3) is 0 Å².